The van der Waals surface area contributed by atoms with Crippen molar-refractivity contribution < 1.29 is 18.0 Å². The maximum absolute atomic E-state index is 13.4. The van der Waals surface area contributed by atoms with E-state index >= 15 is 0 Å². The summed E-state index contributed by atoms with van der Waals surface area (Å²) in [6, 6.07) is 14.7. The largest absolute Gasteiger partial charge is 0.458 e. The van der Waals surface area contributed by atoms with Gasteiger partial charge in [-0.2, -0.15) is 0 Å². The van der Waals surface area contributed by atoms with Gasteiger partial charge in [0.25, 0.3) is 0 Å². The summed E-state index contributed by atoms with van der Waals surface area (Å²) < 4.78 is 24.9. The molecular weight excluding hydrogens is 413 g/mol. The fraction of sp³-hybridized carbons (Fsp3) is 0.130. The Hall–Kier alpha value is -4.27. The molecule has 3 aromatic heterocycles. The average Bonchev–Trinajstić information content (AvgIpc) is 3.57. The Morgan fingerprint density at radius 3 is 2.78 bits per heavy atom. The number of aromatic amines is 1. The van der Waals surface area contributed by atoms with Gasteiger partial charge in [0.1, 0.15) is 23.2 Å². The van der Waals surface area contributed by atoms with Crippen LogP contribution in [-0.2, 0) is 6.42 Å². The van der Waals surface area contributed by atoms with Gasteiger partial charge < -0.3 is 18.7 Å². The van der Waals surface area contributed by atoms with Gasteiger partial charge in [-0.1, -0.05) is 18.2 Å². The number of hydrogen-bond acceptors (Lipinski definition) is 6. The Bertz CT molecular complexity index is 1400. The van der Waals surface area contributed by atoms with E-state index in [0.29, 0.717) is 24.3 Å². The zero-order valence-corrected chi connectivity index (χ0v) is 16.7. The molecule has 0 fully saturated rings. The zero-order chi connectivity index (χ0) is 21.7. The number of aromatic nitrogens is 4. The van der Waals surface area contributed by atoms with Crippen LogP contribution in [-0.4, -0.2) is 37.5 Å². The van der Waals surface area contributed by atoms with E-state index in [2.05, 4.69) is 20.2 Å². The van der Waals surface area contributed by atoms with Crippen LogP contribution in [0.2, 0.25) is 0 Å². The number of hydrogen-bond donors (Lipinski definition) is 1. The molecule has 0 bridgehead atoms. The van der Waals surface area contributed by atoms with Gasteiger partial charge in [-0.3, -0.25) is 4.79 Å². The summed E-state index contributed by atoms with van der Waals surface area (Å²) in [6.45, 7) is 0.421. The third-order valence-electron chi connectivity index (χ3n) is 5.60. The number of nitrogens with one attached hydrogen (secondary N) is 1. The van der Waals surface area contributed by atoms with E-state index < -0.39 is 11.9 Å². The van der Waals surface area contributed by atoms with Crippen molar-refractivity contribution in [3.05, 3.63) is 89.8 Å². The van der Waals surface area contributed by atoms with E-state index in [9.17, 15) is 9.18 Å². The van der Waals surface area contributed by atoms with Gasteiger partial charge >= 0.3 is 11.8 Å². The van der Waals surface area contributed by atoms with Crippen LogP contribution in [0.1, 0.15) is 33.9 Å². The molecule has 0 saturated carbocycles. The Morgan fingerprint density at radius 2 is 1.94 bits per heavy atom. The quantitative estimate of drug-likeness (QED) is 0.463. The lowest BCUT2D eigenvalue weighted by Crippen LogP contribution is -2.40. The second kappa shape index (κ2) is 7.16. The molecule has 8 nitrogen and oxygen atoms in total. The Balaban J connectivity index is 1.38. The lowest BCUT2D eigenvalue weighted by atomic mass is 10.00. The molecule has 9 heteroatoms. The van der Waals surface area contributed by atoms with Gasteiger partial charge in [0.05, 0.1) is 12.0 Å². The van der Waals surface area contributed by atoms with Crippen molar-refractivity contribution in [1.29, 1.82) is 0 Å². The highest BCUT2D eigenvalue weighted by Gasteiger charge is 2.38. The minimum Gasteiger partial charge on any atom is -0.458 e. The first-order chi connectivity index (χ1) is 15.7. The monoisotopic (exact) mass is 429 g/mol. The molecule has 0 saturated heterocycles. The number of halogens is 1. The molecule has 0 spiro atoms. The van der Waals surface area contributed by atoms with E-state index in [0.717, 1.165) is 22.4 Å². The summed E-state index contributed by atoms with van der Waals surface area (Å²) in [4.78, 5) is 22.7. The predicted octanol–water partition coefficient (Wildman–Crippen LogP) is 4.13. The summed E-state index contributed by atoms with van der Waals surface area (Å²) in [6.07, 6.45) is 2.23. The lowest BCUT2D eigenvalue weighted by Gasteiger charge is -2.32. The van der Waals surface area contributed by atoms with Gasteiger partial charge in [0.15, 0.2) is 0 Å². The summed E-state index contributed by atoms with van der Waals surface area (Å²) >= 11 is 0. The smallest absolute Gasteiger partial charge is 0.312 e. The number of H-pyrrole nitrogens is 1. The molecule has 158 valence electrons. The van der Waals surface area contributed by atoms with E-state index in [4.69, 9.17) is 8.83 Å². The molecule has 5 aromatic rings. The molecule has 1 aliphatic heterocycles. The SMILES string of the molecule is O=C(c1nnc(-c2ccc(F)cc2)o1)N1CCc2[nH]cnc2[C@H]1c1cc2ccccc2o1. The van der Waals surface area contributed by atoms with Crippen molar-refractivity contribution in [2.24, 2.45) is 0 Å². The molecule has 6 rings (SSSR count). The highest BCUT2D eigenvalue weighted by Crippen LogP contribution is 2.37. The molecule has 0 radical (unpaired) electrons. The Kier molecular flexibility index (Phi) is 4.14. The van der Waals surface area contributed by atoms with Crippen molar-refractivity contribution >= 4 is 16.9 Å². The number of carbonyl (C=O) groups excluding carboxylic acids is 1. The first-order valence-electron chi connectivity index (χ1n) is 10.1. The molecule has 1 N–H and O–H groups in total. The van der Waals surface area contributed by atoms with Crippen LogP contribution < -0.4 is 0 Å². The molecule has 1 atom stereocenters. The zero-order valence-electron chi connectivity index (χ0n) is 16.7. The number of imidazole rings is 1. The third kappa shape index (κ3) is 2.97. The van der Waals surface area contributed by atoms with Crippen LogP contribution in [0.4, 0.5) is 4.39 Å². The van der Waals surface area contributed by atoms with Crippen LogP contribution in [0, 0.1) is 5.82 Å². The highest BCUT2D eigenvalue weighted by molar-refractivity contribution is 5.90. The number of amides is 1. The van der Waals surface area contributed by atoms with E-state index in [1.807, 2.05) is 30.3 Å². The minimum atomic E-state index is -0.536. The number of nitrogens with zero attached hydrogens (tertiary/aromatic N) is 4. The fourth-order valence-electron chi connectivity index (χ4n) is 4.06. The van der Waals surface area contributed by atoms with E-state index in [1.54, 1.807) is 11.2 Å². The van der Waals surface area contributed by atoms with Gasteiger partial charge in [-0.15, -0.1) is 10.2 Å². The topological polar surface area (TPSA) is 101 Å². The molecule has 2 aromatic carbocycles. The molecule has 1 amide bonds. The average molecular weight is 429 g/mol. The van der Waals surface area contributed by atoms with Crippen molar-refractivity contribution in [3.8, 4) is 11.5 Å². The molecule has 32 heavy (non-hydrogen) atoms. The van der Waals surface area contributed by atoms with Crippen molar-refractivity contribution in [3.63, 3.8) is 0 Å². The number of para-hydroxylation sites is 1. The normalized spacial score (nSPS) is 15.8. The third-order valence-corrected chi connectivity index (χ3v) is 5.60. The van der Waals surface area contributed by atoms with Crippen LogP contribution in [0.3, 0.4) is 0 Å². The maximum atomic E-state index is 13.4. The van der Waals surface area contributed by atoms with Crippen LogP contribution in [0.5, 0.6) is 0 Å². The number of furan rings is 1. The Morgan fingerprint density at radius 1 is 1.09 bits per heavy atom. The first-order valence-corrected chi connectivity index (χ1v) is 10.1. The maximum Gasteiger partial charge on any atom is 0.312 e. The van der Waals surface area contributed by atoms with Gasteiger partial charge in [0, 0.05) is 29.6 Å². The first kappa shape index (κ1) is 18.5. The van der Waals surface area contributed by atoms with Crippen molar-refractivity contribution in [2.45, 2.75) is 12.5 Å². The standard InChI is InChI=1S/C23H16FN5O3/c24-15-7-5-13(6-8-15)21-27-28-22(32-21)23(30)29-10-9-16-19(26-12-25-16)20(29)18-11-14-3-1-2-4-17(14)31-18/h1-8,11-12,20H,9-10H2,(H,25,26)/t20-/m1/s1. The summed E-state index contributed by atoms with van der Waals surface area (Å²) in [7, 11) is 0. The molecule has 0 aliphatic carbocycles. The van der Waals surface area contributed by atoms with E-state index in [1.165, 1.54) is 24.3 Å². The number of carbonyl (C=O) groups is 1. The molecule has 4 heterocycles. The van der Waals surface area contributed by atoms with Crippen LogP contribution in [0.25, 0.3) is 22.4 Å². The van der Waals surface area contributed by atoms with Gasteiger partial charge in [0.2, 0.25) is 5.89 Å². The van der Waals surface area contributed by atoms with Crippen LogP contribution in [0.15, 0.2) is 69.8 Å². The predicted molar refractivity (Wildman–Crippen MR) is 111 cm³/mol. The molecular formula is C23H16FN5O3. The fourth-order valence-corrected chi connectivity index (χ4v) is 4.06. The lowest BCUT2D eigenvalue weighted by molar-refractivity contribution is 0.0632. The van der Waals surface area contributed by atoms with Gasteiger partial charge in [-0.25, -0.2) is 9.37 Å². The minimum absolute atomic E-state index is 0.145. The second-order valence-electron chi connectivity index (χ2n) is 7.52. The molecule has 1 aliphatic rings. The highest BCUT2D eigenvalue weighted by atomic mass is 19.1. The number of rotatable bonds is 3. The summed E-state index contributed by atoms with van der Waals surface area (Å²) in [5.74, 6) is -0.201. The van der Waals surface area contributed by atoms with E-state index in [-0.39, 0.29) is 17.6 Å². The number of fused-ring (bicyclic) bond motifs is 2. The van der Waals surface area contributed by atoms with Gasteiger partial charge in [-0.05, 0) is 36.4 Å². The Labute approximate surface area is 180 Å². The molecule has 0 unspecified atom stereocenters. The number of benzene rings is 2. The van der Waals surface area contributed by atoms with Crippen molar-refractivity contribution in [2.75, 3.05) is 6.54 Å². The summed E-state index contributed by atoms with van der Waals surface area (Å²) in [5, 5.41) is 8.85. The van der Waals surface area contributed by atoms with Crippen LogP contribution >= 0.6 is 0 Å². The van der Waals surface area contributed by atoms with Crippen molar-refractivity contribution in [1.82, 2.24) is 25.1 Å². The second-order valence-corrected chi connectivity index (χ2v) is 7.52. The summed E-state index contributed by atoms with van der Waals surface area (Å²) in [5.41, 5.74) is 2.94.